The highest BCUT2D eigenvalue weighted by Gasteiger charge is 2.06. The van der Waals surface area contributed by atoms with Crippen molar-refractivity contribution in [1.29, 1.82) is 0 Å². The molecular weight excluding hydrogens is 256 g/mol. The number of carbonyl (C=O) groups excluding carboxylic acids is 1. The van der Waals surface area contributed by atoms with E-state index in [-0.39, 0.29) is 6.03 Å². The van der Waals surface area contributed by atoms with Crippen LogP contribution in [0.4, 0.5) is 10.6 Å². The van der Waals surface area contributed by atoms with Gasteiger partial charge in [0.1, 0.15) is 5.75 Å². The number of amides is 2. The zero-order valence-corrected chi connectivity index (χ0v) is 11.8. The molecule has 0 aliphatic heterocycles. The number of benzene rings is 1. The van der Waals surface area contributed by atoms with E-state index in [4.69, 9.17) is 4.74 Å². The molecule has 1 heterocycles. The lowest BCUT2D eigenvalue weighted by molar-refractivity contribution is 0.251. The van der Waals surface area contributed by atoms with Crippen LogP contribution in [0.15, 0.2) is 30.3 Å². The van der Waals surface area contributed by atoms with Crippen LogP contribution in [-0.4, -0.2) is 22.9 Å². The maximum Gasteiger partial charge on any atom is 0.320 e. The summed E-state index contributed by atoms with van der Waals surface area (Å²) in [6.45, 7) is 2.35. The number of methoxy groups -OCH3 is 1. The minimum Gasteiger partial charge on any atom is -0.497 e. The van der Waals surface area contributed by atoms with Gasteiger partial charge < -0.3 is 10.1 Å². The molecule has 2 amide bonds. The van der Waals surface area contributed by atoms with Gasteiger partial charge in [0.05, 0.1) is 7.11 Å². The second-order valence-electron chi connectivity index (χ2n) is 4.45. The van der Waals surface area contributed by atoms with Gasteiger partial charge in [0.2, 0.25) is 0 Å². The third-order valence-corrected chi connectivity index (χ3v) is 2.94. The van der Waals surface area contributed by atoms with Crippen LogP contribution in [0.1, 0.15) is 11.3 Å². The highest BCUT2D eigenvalue weighted by Crippen LogP contribution is 2.12. The highest BCUT2D eigenvalue weighted by molar-refractivity contribution is 5.88. The Labute approximate surface area is 117 Å². The summed E-state index contributed by atoms with van der Waals surface area (Å²) in [6, 6.07) is 9.08. The van der Waals surface area contributed by atoms with E-state index in [1.165, 1.54) is 0 Å². The van der Waals surface area contributed by atoms with Gasteiger partial charge in [-0.05, 0) is 24.6 Å². The average molecular weight is 274 g/mol. The number of hydrogen-bond donors (Lipinski definition) is 2. The molecule has 20 heavy (non-hydrogen) atoms. The van der Waals surface area contributed by atoms with Crippen molar-refractivity contribution in [2.45, 2.75) is 13.5 Å². The van der Waals surface area contributed by atoms with Crippen LogP contribution in [0.5, 0.6) is 5.75 Å². The van der Waals surface area contributed by atoms with Crippen molar-refractivity contribution in [1.82, 2.24) is 15.1 Å². The number of ether oxygens (including phenoxy) is 1. The predicted molar refractivity (Wildman–Crippen MR) is 76.8 cm³/mol. The van der Waals surface area contributed by atoms with Crippen LogP contribution in [0.3, 0.4) is 0 Å². The smallest absolute Gasteiger partial charge is 0.320 e. The molecule has 0 saturated heterocycles. The van der Waals surface area contributed by atoms with Crippen molar-refractivity contribution in [3.63, 3.8) is 0 Å². The minimum atomic E-state index is -0.286. The molecule has 6 heteroatoms. The molecule has 0 saturated carbocycles. The highest BCUT2D eigenvalue weighted by atomic mass is 16.5. The molecule has 2 aromatic rings. The molecule has 0 spiro atoms. The minimum absolute atomic E-state index is 0.286. The molecule has 6 nitrogen and oxygen atoms in total. The number of rotatable bonds is 4. The average Bonchev–Trinajstić information content (AvgIpc) is 2.75. The van der Waals surface area contributed by atoms with E-state index in [0.717, 1.165) is 17.0 Å². The third kappa shape index (κ3) is 3.50. The van der Waals surface area contributed by atoms with Crippen LogP contribution in [0.25, 0.3) is 0 Å². The Bertz CT molecular complexity index is 587. The van der Waals surface area contributed by atoms with Crippen molar-refractivity contribution in [2.75, 3.05) is 12.4 Å². The molecule has 2 rings (SSSR count). The predicted octanol–water partition coefficient (Wildman–Crippen LogP) is 2.06. The number of nitrogens with one attached hydrogen (secondary N) is 2. The number of anilines is 1. The molecule has 0 bridgehead atoms. The van der Waals surface area contributed by atoms with Crippen LogP contribution in [0.2, 0.25) is 0 Å². The van der Waals surface area contributed by atoms with Crippen LogP contribution < -0.4 is 15.4 Å². The van der Waals surface area contributed by atoms with Crippen molar-refractivity contribution in [3.05, 3.63) is 41.6 Å². The fraction of sp³-hybridized carbons (Fsp3) is 0.286. The fourth-order valence-corrected chi connectivity index (χ4v) is 1.75. The molecule has 0 aliphatic carbocycles. The lowest BCUT2D eigenvalue weighted by atomic mass is 10.2. The second kappa shape index (κ2) is 6.10. The molecule has 2 N–H and O–H groups in total. The molecular formula is C14H18N4O2. The summed E-state index contributed by atoms with van der Waals surface area (Å²) in [5, 5.41) is 9.62. The maximum atomic E-state index is 11.8. The summed E-state index contributed by atoms with van der Waals surface area (Å²) in [7, 11) is 3.44. The molecule has 1 aromatic carbocycles. The van der Waals surface area contributed by atoms with Crippen LogP contribution in [-0.2, 0) is 13.6 Å². The van der Waals surface area contributed by atoms with Gasteiger partial charge in [-0.25, -0.2) is 4.79 Å². The van der Waals surface area contributed by atoms with Crippen molar-refractivity contribution >= 4 is 11.8 Å². The van der Waals surface area contributed by atoms with Crippen molar-refractivity contribution < 1.29 is 9.53 Å². The summed E-state index contributed by atoms with van der Waals surface area (Å²) < 4.78 is 6.84. The summed E-state index contributed by atoms with van der Waals surface area (Å²) in [5.41, 5.74) is 1.95. The molecule has 106 valence electrons. The Morgan fingerprint density at radius 2 is 2.20 bits per heavy atom. The van der Waals surface area contributed by atoms with Gasteiger partial charge >= 0.3 is 6.03 Å². The molecule has 0 fully saturated rings. The van der Waals surface area contributed by atoms with Crippen molar-refractivity contribution in [3.8, 4) is 5.75 Å². The van der Waals surface area contributed by atoms with Gasteiger partial charge in [-0.2, -0.15) is 5.10 Å². The Morgan fingerprint density at radius 1 is 1.40 bits per heavy atom. The summed E-state index contributed by atoms with van der Waals surface area (Å²) in [4.78, 5) is 11.8. The number of aryl methyl sites for hydroxylation is 2. The second-order valence-corrected chi connectivity index (χ2v) is 4.45. The fourth-order valence-electron chi connectivity index (χ4n) is 1.75. The quantitative estimate of drug-likeness (QED) is 0.896. The molecule has 0 atom stereocenters. The standard InChI is InChI=1S/C14H18N4O2/c1-10-7-13(17-18(10)2)16-14(19)15-9-11-5-4-6-12(8-11)20-3/h4-8H,9H2,1-3H3,(H2,15,16,17,19). The van der Waals surface area contributed by atoms with E-state index in [0.29, 0.717) is 12.4 Å². The van der Waals surface area contributed by atoms with Gasteiger partial charge in [0, 0.05) is 25.4 Å². The van der Waals surface area contributed by atoms with Gasteiger partial charge in [0.15, 0.2) is 5.82 Å². The van der Waals surface area contributed by atoms with E-state index >= 15 is 0 Å². The summed E-state index contributed by atoms with van der Waals surface area (Å²) in [5.74, 6) is 1.30. The number of nitrogens with zero attached hydrogens (tertiary/aromatic N) is 2. The number of hydrogen-bond acceptors (Lipinski definition) is 3. The number of urea groups is 1. The monoisotopic (exact) mass is 274 g/mol. The number of carbonyl (C=O) groups is 1. The van der Waals surface area contributed by atoms with Gasteiger partial charge in [-0.1, -0.05) is 12.1 Å². The third-order valence-electron chi connectivity index (χ3n) is 2.94. The first-order chi connectivity index (χ1) is 9.58. The molecule has 1 aromatic heterocycles. The Balaban J connectivity index is 1.88. The summed E-state index contributed by atoms with van der Waals surface area (Å²) >= 11 is 0. The topological polar surface area (TPSA) is 68.2 Å². The van der Waals surface area contributed by atoms with Crippen LogP contribution >= 0.6 is 0 Å². The van der Waals surface area contributed by atoms with Crippen LogP contribution in [0, 0.1) is 6.92 Å². The largest absolute Gasteiger partial charge is 0.497 e. The Hall–Kier alpha value is -2.50. The molecule has 0 radical (unpaired) electrons. The zero-order chi connectivity index (χ0) is 14.5. The van der Waals surface area contributed by atoms with Gasteiger partial charge in [0.25, 0.3) is 0 Å². The van der Waals surface area contributed by atoms with E-state index < -0.39 is 0 Å². The van der Waals surface area contributed by atoms with Gasteiger partial charge in [-0.3, -0.25) is 10.00 Å². The maximum absolute atomic E-state index is 11.8. The first-order valence-corrected chi connectivity index (χ1v) is 6.27. The van der Waals surface area contributed by atoms with E-state index in [1.54, 1.807) is 11.8 Å². The SMILES string of the molecule is COc1cccc(CNC(=O)Nc2cc(C)n(C)n2)c1. The first kappa shape index (κ1) is 13.9. The Kier molecular flexibility index (Phi) is 4.24. The normalized spacial score (nSPS) is 10.2. The molecule has 0 unspecified atom stereocenters. The van der Waals surface area contributed by atoms with E-state index in [9.17, 15) is 4.79 Å². The Morgan fingerprint density at radius 3 is 2.85 bits per heavy atom. The zero-order valence-electron chi connectivity index (χ0n) is 11.8. The van der Waals surface area contributed by atoms with E-state index in [1.807, 2.05) is 44.3 Å². The first-order valence-electron chi connectivity index (χ1n) is 6.27. The number of aromatic nitrogens is 2. The van der Waals surface area contributed by atoms with E-state index in [2.05, 4.69) is 15.7 Å². The van der Waals surface area contributed by atoms with Gasteiger partial charge in [-0.15, -0.1) is 0 Å². The lowest BCUT2D eigenvalue weighted by Crippen LogP contribution is -2.28. The summed E-state index contributed by atoms with van der Waals surface area (Å²) in [6.07, 6.45) is 0. The lowest BCUT2D eigenvalue weighted by Gasteiger charge is -2.07. The molecule has 0 aliphatic rings. The van der Waals surface area contributed by atoms with Crippen molar-refractivity contribution in [2.24, 2.45) is 7.05 Å².